The van der Waals surface area contributed by atoms with Crippen molar-refractivity contribution in [2.75, 3.05) is 6.54 Å². The van der Waals surface area contributed by atoms with Crippen molar-refractivity contribution < 1.29 is 0 Å². The molecule has 2 atom stereocenters. The van der Waals surface area contributed by atoms with Crippen LogP contribution in [-0.2, 0) is 0 Å². The van der Waals surface area contributed by atoms with E-state index in [4.69, 9.17) is 12.2 Å². The summed E-state index contributed by atoms with van der Waals surface area (Å²) in [5.41, 5.74) is 2.45. The lowest BCUT2D eigenvalue weighted by Crippen LogP contribution is -2.32. The van der Waals surface area contributed by atoms with Gasteiger partial charge in [-0.2, -0.15) is 0 Å². The van der Waals surface area contributed by atoms with Crippen LogP contribution in [0.5, 0.6) is 0 Å². The third kappa shape index (κ3) is 3.75. The lowest BCUT2D eigenvalue weighted by molar-refractivity contribution is 0.277. The van der Waals surface area contributed by atoms with Gasteiger partial charge in [0.05, 0.1) is 17.8 Å². The molecule has 1 saturated heterocycles. The second-order valence-corrected chi connectivity index (χ2v) is 8.19. The van der Waals surface area contributed by atoms with Gasteiger partial charge in [0.1, 0.15) is 0 Å². The van der Waals surface area contributed by atoms with Gasteiger partial charge in [0.2, 0.25) is 0 Å². The molecule has 0 radical (unpaired) electrons. The van der Waals surface area contributed by atoms with E-state index in [0.29, 0.717) is 6.04 Å². The Morgan fingerprint density at radius 3 is 2.74 bits per heavy atom. The number of hydrogen-bond acceptors (Lipinski definition) is 2. The predicted molar refractivity (Wildman–Crippen MR) is 114 cm³/mol. The highest BCUT2D eigenvalue weighted by atomic mass is 32.1. The van der Waals surface area contributed by atoms with Gasteiger partial charge in [-0.25, -0.2) is 0 Å². The first-order chi connectivity index (χ1) is 13.3. The van der Waals surface area contributed by atoms with E-state index >= 15 is 0 Å². The maximum Gasteiger partial charge on any atom is 0.170 e. The Labute approximate surface area is 168 Å². The Hall–Kier alpha value is -1.88. The molecule has 0 unspecified atom stereocenters. The first-order valence-electron chi connectivity index (χ1n) is 10.4. The van der Waals surface area contributed by atoms with Gasteiger partial charge < -0.3 is 14.8 Å². The Kier molecular flexibility index (Phi) is 5.77. The van der Waals surface area contributed by atoms with E-state index in [0.717, 1.165) is 23.8 Å². The van der Waals surface area contributed by atoms with Gasteiger partial charge in [-0.05, 0) is 55.7 Å². The summed E-state index contributed by atoms with van der Waals surface area (Å²) < 4.78 is 2.54. The molecule has 4 nitrogen and oxygen atoms in total. The van der Waals surface area contributed by atoms with Crippen LogP contribution in [0.1, 0.15) is 81.4 Å². The minimum Gasteiger partial charge on any atom is -0.352 e. The summed E-state index contributed by atoms with van der Waals surface area (Å²) in [6, 6.07) is 11.6. The van der Waals surface area contributed by atoms with Gasteiger partial charge in [-0.3, -0.25) is 4.98 Å². The standard InChI is InChI=1S/C22H30N4S/c1-2-3-15-26-21(20(24-22(26)27)18-12-7-8-14-23-18)19-13-9-16-25(19)17-10-5-4-6-11-17/h7-9,12-14,16-17,20-21H,2-6,10-11,15H2,1H3,(H,24,27)/t20-,21+/m0/s1. The highest BCUT2D eigenvalue weighted by molar-refractivity contribution is 7.80. The quantitative estimate of drug-likeness (QED) is 0.700. The molecule has 144 valence electrons. The zero-order valence-electron chi connectivity index (χ0n) is 16.2. The molecule has 1 saturated carbocycles. The van der Waals surface area contributed by atoms with E-state index in [2.05, 4.69) is 57.2 Å². The van der Waals surface area contributed by atoms with Crippen LogP contribution in [0.4, 0.5) is 0 Å². The smallest absolute Gasteiger partial charge is 0.170 e. The maximum absolute atomic E-state index is 5.76. The van der Waals surface area contributed by atoms with Gasteiger partial charge in [0, 0.05) is 30.7 Å². The average molecular weight is 383 g/mol. The molecule has 2 fully saturated rings. The molecule has 5 heteroatoms. The first-order valence-corrected chi connectivity index (χ1v) is 10.8. The van der Waals surface area contributed by atoms with Crippen LogP contribution in [0.15, 0.2) is 42.7 Å². The van der Waals surface area contributed by atoms with Crippen LogP contribution in [0, 0.1) is 0 Å². The fraction of sp³-hybridized carbons (Fsp3) is 0.545. The van der Waals surface area contributed by atoms with Crippen LogP contribution in [0.25, 0.3) is 0 Å². The van der Waals surface area contributed by atoms with Gasteiger partial charge >= 0.3 is 0 Å². The summed E-state index contributed by atoms with van der Waals surface area (Å²) in [7, 11) is 0. The second-order valence-electron chi connectivity index (χ2n) is 7.81. The molecule has 0 spiro atoms. The lowest BCUT2D eigenvalue weighted by Gasteiger charge is -2.32. The fourth-order valence-electron chi connectivity index (χ4n) is 4.65. The Morgan fingerprint density at radius 1 is 1.15 bits per heavy atom. The summed E-state index contributed by atoms with van der Waals surface area (Å²) in [6.45, 7) is 3.23. The summed E-state index contributed by atoms with van der Waals surface area (Å²) in [6.07, 6.45) is 13.1. The van der Waals surface area contributed by atoms with Crippen molar-refractivity contribution in [1.82, 2.24) is 19.8 Å². The molecule has 2 aliphatic rings. The number of rotatable bonds is 6. The van der Waals surface area contributed by atoms with Gasteiger partial charge in [-0.1, -0.05) is 38.7 Å². The Balaban J connectivity index is 1.71. The van der Waals surface area contributed by atoms with E-state index in [9.17, 15) is 0 Å². The molecule has 1 aliphatic heterocycles. The van der Waals surface area contributed by atoms with E-state index < -0.39 is 0 Å². The predicted octanol–water partition coefficient (Wildman–Crippen LogP) is 5.16. The molecular weight excluding hydrogens is 352 g/mol. The number of hydrogen-bond donors (Lipinski definition) is 1. The van der Waals surface area contributed by atoms with Crippen molar-refractivity contribution in [2.45, 2.75) is 70.0 Å². The summed E-state index contributed by atoms with van der Waals surface area (Å²) in [5.74, 6) is 0. The molecule has 3 heterocycles. The van der Waals surface area contributed by atoms with Crippen molar-refractivity contribution in [1.29, 1.82) is 0 Å². The minimum atomic E-state index is 0.104. The number of nitrogens with zero attached hydrogens (tertiary/aromatic N) is 3. The molecule has 1 N–H and O–H groups in total. The van der Waals surface area contributed by atoms with Crippen molar-refractivity contribution in [3.63, 3.8) is 0 Å². The first kappa shape index (κ1) is 18.5. The van der Waals surface area contributed by atoms with Gasteiger partial charge in [0.25, 0.3) is 0 Å². The van der Waals surface area contributed by atoms with Crippen LogP contribution < -0.4 is 5.32 Å². The number of thiocarbonyl (C=S) groups is 1. The Morgan fingerprint density at radius 2 is 2.00 bits per heavy atom. The number of aromatic nitrogens is 2. The van der Waals surface area contributed by atoms with Crippen LogP contribution in [0.3, 0.4) is 0 Å². The number of unbranched alkanes of at least 4 members (excludes halogenated alkanes) is 1. The largest absolute Gasteiger partial charge is 0.352 e. The number of nitrogens with one attached hydrogen (secondary N) is 1. The molecule has 2 aromatic heterocycles. The fourth-order valence-corrected chi connectivity index (χ4v) is 4.98. The highest BCUT2D eigenvalue weighted by Crippen LogP contribution is 2.41. The molecule has 0 bridgehead atoms. The van der Waals surface area contributed by atoms with Crippen LogP contribution in [-0.4, -0.2) is 26.1 Å². The molecule has 4 rings (SSSR count). The Bertz CT molecular complexity index is 751. The summed E-state index contributed by atoms with van der Waals surface area (Å²) >= 11 is 5.76. The van der Waals surface area contributed by atoms with Crippen molar-refractivity contribution in [2.24, 2.45) is 0 Å². The molecule has 27 heavy (non-hydrogen) atoms. The van der Waals surface area contributed by atoms with Crippen LogP contribution in [0.2, 0.25) is 0 Å². The van der Waals surface area contributed by atoms with Crippen molar-refractivity contribution >= 4 is 17.3 Å². The average Bonchev–Trinajstić information content (AvgIpc) is 3.32. The van der Waals surface area contributed by atoms with Gasteiger partial charge in [0.15, 0.2) is 5.11 Å². The summed E-state index contributed by atoms with van der Waals surface area (Å²) in [5, 5.41) is 4.44. The zero-order chi connectivity index (χ0) is 18.6. The second kappa shape index (κ2) is 8.42. The normalized spacial score (nSPS) is 23.6. The topological polar surface area (TPSA) is 33.1 Å². The molecular formula is C22H30N4S. The minimum absolute atomic E-state index is 0.104. The third-order valence-corrected chi connectivity index (χ3v) is 6.39. The van der Waals surface area contributed by atoms with E-state index in [-0.39, 0.29) is 12.1 Å². The molecule has 1 aliphatic carbocycles. The molecule has 0 aromatic carbocycles. The summed E-state index contributed by atoms with van der Waals surface area (Å²) in [4.78, 5) is 7.05. The SMILES string of the molecule is CCCCN1C(=S)N[C@@H](c2ccccn2)[C@H]1c1cccn1C1CCCCC1. The zero-order valence-corrected chi connectivity index (χ0v) is 17.0. The highest BCUT2D eigenvalue weighted by Gasteiger charge is 2.41. The lowest BCUT2D eigenvalue weighted by atomic mass is 9.94. The third-order valence-electron chi connectivity index (χ3n) is 6.03. The van der Waals surface area contributed by atoms with Crippen molar-refractivity contribution in [3.8, 4) is 0 Å². The molecule has 2 aromatic rings. The monoisotopic (exact) mass is 382 g/mol. The van der Waals surface area contributed by atoms with E-state index in [1.165, 1.54) is 44.2 Å². The van der Waals surface area contributed by atoms with E-state index in [1.807, 2.05) is 12.3 Å². The van der Waals surface area contributed by atoms with Crippen molar-refractivity contribution in [3.05, 3.63) is 54.1 Å². The van der Waals surface area contributed by atoms with Gasteiger partial charge in [-0.15, -0.1) is 0 Å². The molecule has 0 amide bonds. The van der Waals surface area contributed by atoms with Crippen LogP contribution >= 0.6 is 12.2 Å². The number of pyridine rings is 1. The maximum atomic E-state index is 5.76. The van der Waals surface area contributed by atoms with E-state index in [1.54, 1.807) is 0 Å².